The number of aromatic nitrogens is 2. The van der Waals surface area contributed by atoms with Crippen molar-refractivity contribution in [2.45, 2.75) is 25.2 Å². The topological polar surface area (TPSA) is 81.1 Å². The number of hydrogen-bond acceptors (Lipinski definition) is 3. The molecule has 0 aliphatic rings. The van der Waals surface area contributed by atoms with Crippen molar-refractivity contribution in [2.24, 2.45) is 5.73 Å². The fourth-order valence-electron chi connectivity index (χ4n) is 1.03. The SMILES string of the molecule is NC(CCn1cc(C(F)(F)F)cn1)C(=O)O. The highest BCUT2D eigenvalue weighted by Crippen LogP contribution is 2.28. The fraction of sp³-hybridized carbons (Fsp3) is 0.500. The summed E-state index contributed by atoms with van der Waals surface area (Å²) in [6.07, 6.45) is -2.91. The van der Waals surface area contributed by atoms with Gasteiger partial charge in [0.1, 0.15) is 6.04 Å². The molecule has 0 aromatic carbocycles. The Morgan fingerprint density at radius 3 is 2.69 bits per heavy atom. The van der Waals surface area contributed by atoms with Crippen molar-refractivity contribution >= 4 is 5.97 Å². The summed E-state index contributed by atoms with van der Waals surface area (Å²) in [6.45, 7) is 0.0313. The quantitative estimate of drug-likeness (QED) is 0.807. The van der Waals surface area contributed by atoms with Crippen LogP contribution in [0.2, 0.25) is 0 Å². The van der Waals surface area contributed by atoms with E-state index in [4.69, 9.17) is 10.8 Å². The lowest BCUT2D eigenvalue weighted by Crippen LogP contribution is -2.31. The van der Waals surface area contributed by atoms with Crippen molar-refractivity contribution in [3.05, 3.63) is 18.0 Å². The van der Waals surface area contributed by atoms with Crippen LogP contribution < -0.4 is 5.73 Å². The van der Waals surface area contributed by atoms with Crippen molar-refractivity contribution in [2.75, 3.05) is 0 Å². The van der Waals surface area contributed by atoms with Gasteiger partial charge < -0.3 is 10.8 Å². The Hall–Kier alpha value is -1.57. The summed E-state index contributed by atoms with van der Waals surface area (Å²) in [4.78, 5) is 10.4. The Labute approximate surface area is 88.7 Å². The number of rotatable bonds is 4. The summed E-state index contributed by atoms with van der Waals surface area (Å²) >= 11 is 0. The molecule has 5 nitrogen and oxygen atoms in total. The second kappa shape index (κ2) is 4.52. The van der Waals surface area contributed by atoms with Crippen molar-refractivity contribution in [1.29, 1.82) is 0 Å². The Bertz CT molecular complexity index is 375. The molecular formula is C8H10F3N3O2. The van der Waals surface area contributed by atoms with Gasteiger partial charge in [-0.2, -0.15) is 18.3 Å². The molecule has 1 rings (SSSR count). The predicted octanol–water partition coefficient (Wildman–Crippen LogP) is 0.704. The Morgan fingerprint density at radius 2 is 2.25 bits per heavy atom. The highest BCUT2D eigenvalue weighted by atomic mass is 19.4. The van der Waals surface area contributed by atoms with Crippen LogP contribution in [0.15, 0.2) is 12.4 Å². The molecule has 0 spiro atoms. The van der Waals surface area contributed by atoms with Crippen molar-refractivity contribution in [1.82, 2.24) is 9.78 Å². The lowest BCUT2D eigenvalue weighted by atomic mass is 10.2. The molecule has 0 aliphatic carbocycles. The maximum atomic E-state index is 12.2. The third-order valence-corrected chi connectivity index (χ3v) is 1.95. The second-order valence-corrected chi connectivity index (χ2v) is 3.22. The third kappa shape index (κ3) is 3.23. The Morgan fingerprint density at radius 1 is 1.62 bits per heavy atom. The molecule has 1 heterocycles. The molecule has 1 aromatic heterocycles. The van der Waals surface area contributed by atoms with Crippen LogP contribution in [0.25, 0.3) is 0 Å². The Balaban J connectivity index is 2.57. The first-order chi connectivity index (χ1) is 7.30. The first-order valence-corrected chi connectivity index (χ1v) is 4.38. The monoisotopic (exact) mass is 237 g/mol. The lowest BCUT2D eigenvalue weighted by Gasteiger charge is -2.05. The minimum atomic E-state index is -4.44. The van der Waals surface area contributed by atoms with Gasteiger partial charge in [0.2, 0.25) is 0 Å². The molecule has 3 N–H and O–H groups in total. The van der Waals surface area contributed by atoms with Crippen LogP contribution in [0.1, 0.15) is 12.0 Å². The van der Waals surface area contributed by atoms with E-state index in [1.165, 1.54) is 0 Å². The van der Waals surface area contributed by atoms with Gasteiger partial charge in [-0.05, 0) is 6.42 Å². The molecule has 0 radical (unpaired) electrons. The zero-order valence-corrected chi connectivity index (χ0v) is 8.11. The van der Waals surface area contributed by atoms with Gasteiger partial charge in [0.05, 0.1) is 11.8 Å². The van der Waals surface area contributed by atoms with E-state index < -0.39 is 23.8 Å². The first kappa shape index (κ1) is 12.5. The fourth-order valence-corrected chi connectivity index (χ4v) is 1.03. The maximum absolute atomic E-state index is 12.2. The molecule has 0 saturated carbocycles. The van der Waals surface area contributed by atoms with Gasteiger partial charge in [-0.25, -0.2) is 0 Å². The number of halogens is 3. The highest BCUT2D eigenvalue weighted by Gasteiger charge is 2.32. The minimum absolute atomic E-state index is 0.0221. The molecule has 0 amide bonds. The van der Waals surface area contributed by atoms with Gasteiger partial charge in [-0.1, -0.05) is 0 Å². The number of alkyl halides is 3. The average Bonchev–Trinajstić information content (AvgIpc) is 2.61. The normalized spacial score (nSPS) is 13.8. The summed E-state index contributed by atoms with van der Waals surface area (Å²) < 4.78 is 37.5. The standard InChI is InChI=1S/C8H10F3N3O2/c9-8(10,11)5-3-13-14(4-5)2-1-6(12)7(15)16/h3-4,6H,1-2,12H2,(H,15,16). The summed E-state index contributed by atoms with van der Waals surface area (Å²) in [6, 6.07) is -1.10. The number of hydrogen-bond donors (Lipinski definition) is 2. The zero-order valence-electron chi connectivity index (χ0n) is 8.11. The van der Waals surface area contributed by atoms with Crippen LogP contribution in [-0.2, 0) is 17.5 Å². The van der Waals surface area contributed by atoms with Gasteiger partial charge in [-0.3, -0.25) is 9.48 Å². The zero-order chi connectivity index (χ0) is 12.3. The van der Waals surface area contributed by atoms with Crippen LogP contribution in [0, 0.1) is 0 Å². The van der Waals surface area contributed by atoms with Gasteiger partial charge in [-0.15, -0.1) is 0 Å². The van der Waals surface area contributed by atoms with E-state index in [2.05, 4.69) is 5.10 Å². The van der Waals surface area contributed by atoms with Gasteiger partial charge in [0.15, 0.2) is 0 Å². The Kier molecular flexibility index (Phi) is 3.53. The third-order valence-electron chi connectivity index (χ3n) is 1.95. The summed E-state index contributed by atoms with van der Waals surface area (Å²) in [7, 11) is 0. The molecule has 0 fully saturated rings. The average molecular weight is 237 g/mol. The summed E-state index contributed by atoms with van der Waals surface area (Å²) in [5.41, 5.74) is 4.33. The number of carboxylic acid groups (broad SMARTS) is 1. The molecule has 1 atom stereocenters. The van der Waals surface area contributed by atoms with E-state index in [1.807, 2.05) is 0 Å². The number of carboxylic acids is 1. The van der Waals surface area contributed by atoms with Crippen LogP contribution >= 0.6 is 0 Å². The molecule has 0 saturated heterocycles. The molecule has 16 heavy (non-hydrogen) atoms. The largest absolute Gasteiger partial charge is 0.480 e. The second-order valence-electron chi connectivity index (χ2n) is 3.22. The van der Waals surface area contributed by atoms with Crippen molar-refractivity contribution in [3.8, 4) is 0 Å². The van der Waals surface area contributed by atoms with E-state index in [0.717, 1.165) is 10.9 Å². The predicted molar refractivity (Wildman–Crippen MR) is 47.5 cm³/mol. The summed E-state index contributed by atoms with van der Waals surface area (Å²) in [5, 5.41) is 11.9. The van der Waals surface area contributed by atoms with Gasteiger partial charge >= 0.3 is 12.1 Å². The van der Waals surface area contributed by atoms with E-state index in [9.17, 15) is 18.0 Å². The van der Waals surface area contributed by atoms with E-state index in [-0.39, 0.29) is 13.0 Å². The number of carbonyl (C=O) groups is 1. The van der Waals surface area contributed by atoms with E-state index >= 15 is 0 Å². The van der Waals surface area contributed by atoms with Crippen molar-refractivity contribution < 1.29 is 23.1 Å². The molecule has 1 unspecified atom stereocenters. The number of aryl methyl sites for hydroxylation is 1. The number of nitrogens with zero attached hydrogens (tertiary/aromatic N) is 2. The van der Waals surface area contributed by atoms with Gasteiger partial charge in [0, 0.05) is 12.7 Å². The maximum Gasteiger partial charge on any atom is 0.419 e. The molecule has 1 aromatic rings. The molecule has 8 heteroatoms. The van der Waals surface area contributed by atoms with Crippen LogP contribution in [0.5, 0.6) is 0 Å². The van der Waals surface area contributed by atoms with E-state index in [1.54, 1.807) is 0 Å². The first-order valence-electron chi connectivity index (χ1n) is 4.38. The van der Waals surface area contributed by atoms with E-state index in [0.29, 0.717) is 6.20 Å². The number of nitrogens with two attached hydrogens (primary N) is 1. The van der Waals surface area contributed by atoms with Crippen molar-refractivity contribution in [3.63, 3.8) is 0 Å². The smallest absolute Gasteiger partial charge is 0.419 e. The lowest BCUT2D eigenvalue weighted by molar-refractivity contribution is -0.139. The molecule has 90 valence electrons. The van der Waals surface area contributed by atoms with Crippen LogP contribution in [-0.4, -0.2) is 26.9 Å². The molecular weight excluding hydrogens is 227 g/mol. The number of aliphatic carboxylic acids is 1. The minimum Gasteiger partial charge on any atom is -0.480 e. The van der Waals surface area contributed by atoms with Crippen LogP contribution in [0.4, 0.5) is 13.2 Å². The molecule has 0 bridgehead atoms. The van der Waals surface area contributed by atoms with Gasteiger partial charge in [0.25, 0.3) is 0 Å². The van der Waals surface area contributed by atoms with Crippen LogP contribution in [0.3, 0.4) is 0 Å². The highest BCUT2D eigenvalue weighted by molar-refractivity contribution is 5.72. The molecule has 0 aliphatic heterocycles. The summed E-state index contributed by atoms with van der Waals surface area (Å²) in [5.74, 6) is -1.19.